The van der Waals surface area contributed by atoms with Crippen LogP contribution in [0, 0.1) is 6.92 Å². The maximum atomic E-state index is 12.8. The predicted molar refractivity (Wildman–Crippen MR) is 88.5 cm³/mol. The van der Waals surface area contributed by atoms with E-state index in [-0.39, 0.29) is 12.3 Å². The number of imide groups is 1. The molecule has 0 aliphatic carbocycles. The topological polar surface area (TPSA) is 71.4 Å². The average Bonchev–Trinajstić information content (AvgIpc) is 3.05. The summed E-state index contributed by atoms with van der Waals surface area (Å²) in [6.07, 6.45) is 1.75. The molecule has 1 N–H and O–H groups in total. The summed E-state index contributed by atoms with van der Waals surface area (Å²) in [5.41, 5.74) is 1.06. The van der Waals surface area contributed by atoms with E-state index in [0.29, 0.717) is 11.3 Å². The summed E-state index contributed by atoms with van der Waals surface area (Å²) in [7, 11) is 1.75. The number of rotatable bonds is 4. The monoisotopic (exact) mass is 325 g/mol. The number of nitrogens with one attached hydrogen (secondary N) is 1. The fraction of sp³-hybridized carbons (Fsp3) is 0.278. The highest BCUT2D eigenvalue weighted by molar-refractivity contribution is 6.11. The Labute approximate surface area is 140 Å². The zero-order valence-electron chi connectivity index (χ0n) is 13.9. The normalized spacial score (nSPS) is 20.4. The molecular formula is C18H19N3O3. The minimum atomic E-state index is -1.15. The van der Waals surface area contributed by atoms with Crippen molar-refractivity contribution in [3.05, 3.63) is 59.4 Å². The number of aryl methyl sites for hydroxylation is 2. The van der Waals surface area contributed by atoms with E-state index < -0.39 is 17.5 Å². The van der Waals surface area contributed by atoms with Crippen LogP contribution in [0.2, 0.25) is 0 Å². The fourth-order valence-electron chi connectivity index (χ4n) is 2.90. The van der Waals surface area contributed by atoms with E-state index in [1.54, 1.807) is 36.9 Å². The first kappa shape index (κ1) is 16.0. The van der Waals surface area contributed by atoms with Crippen molar-refractivity contribution in [3.8, 4) is 0 Å². The highest BCUT2D eigenvalue weighted by Gasteiger charge is 2.49. The van der Waals surface area contributed by atoms with Crippen molar-refractivity contribution in [3.63, 3.8) is 0 Å². The SMILES string of the molecule is Cc1ccc([C@]2(C)NC(=O)N(CC(=O)c3cccn3C)C2=O)cc1. The molecule has 0 spiro atoms. The molecule has 1 aliphatic heterocycles. The molecule has 1 saturated heterocycles. The molecular weight excluding hydrogens is 306 g/mol. The first-order valence-corrected chi connectivity index (χ1v) is 7.69. The Balaban J connectivity index is 1.85. The largest absolute Gasteiger partial charge is 0.348 e. The minimum Gasteiger partial charge on any atom is -0.348 e. The summed E-state index contributed by atoms with van der Waals surface area (Å²) in [4.78, 5) is 38.4. The molecule has 2 heterocycles. The summed E-state index contributed by atoms with van der Waals surface area (Å²) in [6.45, 7) is 3.33. The van der Waals surface area contributed by atoms with Crippen LogP contribution in [0.3, 0.4) is 0 Å². The van der Waals surface area contributed by atoms with Crippen LogP contribution in [-0.2, 0) is 17.4 Å². The van der Waals surface area contributed by atoms with Gasteiger partial charge in [-0.15, -0.1) is 0 Å². The third-order valence-corrected chi connectivity index (χ3v) is 4.44. The number of nitrogens with zero attached hydrogens (tertiary/aromatic N) is 2. The molecule has 3 rings (SSSR count). The Hall–Kier alpha value is -2.89. The van der Waals surface area contributed by atoms with Crippen molar-refractivity contribution < 1.29 is 14.4 Å². The van der Waals surface area contributed by atoms with Crippen LogP contribution in [0.25, 0.3) is 0 Å². The van der Waals surface area contributed by atoms with Gasteiger partial charge in [-0.2, -0.15) is 0 Å². The van der Waals surface area contributed by atoms with Gasteiger partial charge in [0.2, 0.25) is 0 Å². The lowest BCUT2D eigenvalue weighted by molar-refractivity contribution is -0.130. The predicted octanol–water partition coefficient (Wildman–Crippen LogP) is 1.98. The van der Waals surface area contributed by atoms with E-state index in [1.165, 1.54) is 0 Å². The van der Waals surface area contributed by atoms with Crippen LogP contribution >= 0.6 is 0 Å². The molecule has 6 heteroatoms. The molecule has 0 bridgehead atoms. The number of amides is 3. The van der Waals surface area contributed by atoms with Crippen molar-refractivity contribution in [2.45, 2.75) is 19.4 Å². The molecule has 124 valence electrons. The number of carbonyl (C=O) groups is 3. The van der Waals surface area contributed by atoms with Gasteiger partial charge < -0.3 is 9.88 Å². The van der Waals surface area contributed by atoms with Gasteiger partial charge in [-0.25, -0.2) is 4.79 Å². The Kier molecular flexibility index (Phi) is 3.75. The maximum Gasteiger partial charge on any atom is 0.325 e. The first-order valence-electron chi connectivity index (χ1n) is 7.69. The van der Waals surface area contributed by atoms with Crippen LogP contribution in [-0.4, -0.2) is 33.7 Å². The van der Waals surface area contributed by atoms with Gasteiger partial charge in [-0.1, -0.05) is 29.8 Å². The van der Waals surface area contributed by atoms with Crippen LogP contribution in [0.4, 0.5) is 4.79 Å². The average molecular weight is 325 g/mol. The van der Waals surface area contributed by atoms with Gasteiger partial charge in [0.15, 0.2) is 5.78 Å². The lowest BCUT2D eigenvalue weighted by atomic mass is 9.91. The molecule has 0 radical (unpaired) electrons. The smallest absolute Gasteiger partial charge is 0.325 e. The number of ketones is 1. The van der Waals surface area contributed by atoms with E-state index in [0.717, 1.165) is 10.5 Å². The van der Waals surface area contributed by atoms with Crippen molar-refractivity contribution in [1.82, 2.24) is 14.8 Å². The second kappa shape index (κ2) is 5.63. The lowest BCUT2D eigenvalue weighted by Crippen LogP contribution is -2.41. The highest BCUT2D eigenvalue weighted by atomic mass is 16.2. The summed E-state index contributed by atoms with van der Waals surface area (Å²) < 4.78 is 1.67. The van der Waals surface area contributed by atoms with Gasteiger partial charge in [-0.05, 0) is 31.5 Å². The number of hydrogen-bond acceptors (Lipinski definition) is 3. The van der Waals surface area contributed by atoms with Crippen molar-refractivity contribution in [2.24, 2.45) is 7.05 Å². The standard InChI is InChI=1S/C18H19N3O3/c1-12-6-8-13(9-7-12)18(2)16(23)21(17(24)19-18)11-15(22)14-5-4-10-20(14)3/h4-10H,11H2,1-3H3,(H,19,24)/t18-/m0/s1. The zero-order valence-corrected chi connectivity index (χ0v) is 13.9. The third-order valence-electron chi connectivity index (χ3n) is 4.44. The van der Waals surface area contributed by atoms with Crippen LogP contribution < -0.4 is 5.32 Å². The molecule has 1 aliphatic rings. The number of hydrogen-bond donors (Lipinski definition) is 1. The molecule has 6 nitrogen and oxygen atoms in total. The van der Waals surface area contributed by atoms with Crippen molar-refractivity contribution in [1.29, 1.82) is 0 Å². The van der Waals surface area contributed by atoms with Crippen molar-refractivity contribution >= 4 is 17.7 Å². The lowest BCUT2D eigenvalue weighted by Gasteiger charge is -2.22. The van der Waals surface area contributed by atoms with E-state index in [1.807, 2.05) is 31.2 Å². The van der Waals surface area contributed by atoms with Crippen molar-refractivity contribution in [2.75, 3.05) is 6.54 Å². The summed E-state index contributed by atoms with van der Waals surface area (Å²) >= 11 is 0. The van der Waals surface area contributed by atoms with Crippen LogP contribution in [0.15, 0.2) is 42.6 Å². The van der Waals surface area contributed by atoms with Crippen LogP contribution in [0.5, 0.6) is 0 Å². The molecule has 1 aromatic heterocycles. The van der Waals surface area contributed by atoms with E-state index in [4.69, 9.17) is 0 Å². The number of Topliss-reactive ketones (excluding diaryl/α,β-unsaturated/α-hetero) is 1. The molecule has 3 amide bonds. The maximum absolute atomic E-state index is 12.8. The highest BCUT2D eigenvalue weighted by Crippen LogP contribution is 2.29. The van der Waals surface area contributed by atoms with Crippen LogP contribution in [0.1, 0.15) is 28.5 Å². The van der Waals surface area contributed by atoms with E-state index in [9.17, 15) is 14.4 Å². The second-order valence-corrected chi connectivity index (χ2v) is 6.24. The number of urea groups is 1. The Morgan fingerprint density at radius 2 is 1.83 bits per heavy atom. The molecule has 0 saturated carbocycles. The summed E-state index contributed by atoms with van der Waals surface area (Å²) in [5, 5.41) is 2.71. The molecule has 1 fully saturated rings. The van der Waals surface area contributed by atoms with Gasteiger partial charge in [-0.3, -0.25) is 14.5 Å². The Bertz CT molecular complexity index is 822. The molecule has 1 atom stereocenters. The molecule has 0 unspecified atom stereocenters. The quantitative estimate of drug-likeness (QED) is 0.690. The minimum absolute atomic E-state index is 0.274. The first-order chi connectivity index (χ1) is 11.3. The van der Waals surface area contributed by atoms with Gasteiger partial charge in [0.1, 0.15) is 5.54 Å². The summed E-state index contributed by atoms with van der Waals surface area (Å²) in [5.74, 6) is -0.696. The molecule has 1 aromatic carbocycles. The third kappa shape index (κ3) is 2.50. The van der Waals surface area contributed by atoms with E-state index in [2.05, 4.69) is 5.32 Å². The Morgan fingerprint density at radius 3 is 2.42 bits per heavy atom. The van der Waals surface area contributed by atoms with Gasteiger partial charge in [0.25, 0.3) is 5.91 Å². The van der Waals surface area contributed by atoms with Gasteiger partial charge in [0, 0.05) is 13.2 Å². The van der Waals surface area contributed by atoms with Gasteiger partial charge >= 0.3 is 6.03 Å². The number of carbonyl (C=O) groups excluding carboxylic acids is 3. The van der Waals surface area contributed by atoms with Gasteiger partial charge in [0.05, 0.1) is 12.2 Å². The number of benzene rings is 1. The Morgan fingerprint density at radius 1 is 1.17 bits per heavy atom. The second-order valence-electron chi connectivity index (χ2n) is 6.24. The summed E-state index contributed by atoms with van der Waals surface area (Å²) in [6, 6.07) is 10.3. The fourth-order valence-corrected chi connectivity index (χ4v) is 2.90. The van der Waals surface area contributed by atoms with E-state index >= 15 is 0 Å². The zero-order chi connectivity index (χ0) is 17.5. The number of aromatic nitrogens is 1. The molecule has 24 heavy (non-hydrogen) atoms. The molecule has 2 aromatic rings.